The van der Waals surface area contributed by atoms with E-state index in [1.165, 1.54) is 12.8 Å². The molecule has 0 N–H and O–H groups in total. The summed E-state index contributed by atoms with van der Waals surface area (Å²) in [4.78, 5) is 0. The molecular weight excluding hydrogens is 132 g/mol. The molecule has 0 amide bonds. The highest BCUT2D eigenvalue weighted by molar-refractivity contribution is 5.16. The average Bonchev–Trinajstić information content (AvgIpc) is 2.50. The summed E-state index contributed by atoms with van der Waals surface area (Å²) in [6.07, 6.45) is 7.14. The molecule has 60 valence electrons. The zero-order chi connectivity index (χ0) is 7.64. The van der Waals surface area contributed by atoms with E-state index in [1.54, 1.807) is 6.42 Å². The van der Waals surface area contributed by atoms with Crippen molar-refractivity contribution < 1.29 is 0 Å². The molecule has 0 radical (unpaired) electrons. The quantitative estimate of drug-likeness (QED) is 0.464. The van der Waals surface area contributed by atoms with E-state index in [1.807, 2.05) is 0 Å². The van der Waals surface area contributed by atoms with Gasteiger partial charge in [0.1, 0.15) is 5.92 Å². The first-order valence-electron chi connectivity index (χ1n) is 5.05. The number of hydrogen-bond acceptors (Lipinski definition) is 0. The molecule has 11 heavy (non-hydrogen) atoms. The average molecular weight is 149 g/mol. The summed E-state index contributed by atoms with van der Waals surface area (Å²) in [5.41, 5.74) is 0.730. The van der Waals surface area contributed by atoms with Gasteiger partial charge in [-0.2, -0.15) is 0 Å². The van der Waals surface area contributed by atoms with Crippen molar-refractivity contribution in [2.45, 2.75) is 33.1 Å². The normalized spacial score (nSPS) is 65.3. The van der Waals surface area contributed by atoms with E-state index in [-0.39, 0.29) is 0 Å². The lowest BCUT2D eigenvalue weighted by Crippen LogP contribution is -2.28. The van der Waals surface area contributed by atoms with Crippen LogP contribution in [0.1, 0.15) is 33.1 Å². The Morgan fingerprint density at radius 1 is 1.45 bits per heavy atom. The van der Waals surface area contributed by atoms with Gasteiger partial charge >= 0.3 is 0 Å². The summed E-state index contributed by atoms with van der Waals surface area (Å²) >= 11 is 0. The van der Waals surface area contributed by atoms with Gasteiger partial charge in [-0.05, 0) is 18.8 Å². The van der Waals surface area contributed by atoms with Crippen LogP contribution in [0, 0.1) is 35.5 Å². The first-order chi connectivity index (χ1) is 5.22. The molecule has 5 unspecified atom stereocenters. The molecule has 3 rings (SSSR count). The highest BCUT2D eigenvalue weighted by atomic mass is 14.7. The summed E-state index contributed by atoms with van der Waals surface area (Å²) in [6, 6.07) is 0. The van der Waals surface area contributed by atoms with E-state index in [4.69, 9.17) is 0 Å². The predicted octanol–water partition coefficient (Wildman–Crippen LogP) is 2.89. The summed E-state index contributed by atoms with van der Waals surface area (Å²) in [5.74, 6) is 4.23. The van der Waals surface area contributed by atoms with Gasteiger partial charge in [0.05, 0.1) is 12.8 Å². The third kappa shape index (κ3) is 0.533. The SMILES string of the molecule is CC1CC2C3C[CH+]C2C1(C)C3. The van der Waals surface area contributed by atoms with Crippen LogP contribution in [-0.4, -0.2) is 0 Å². The smallest absolute Gasteiger partial charge is 0.0618 e. The Balaban J connectivity index is 2.04. The van der Waals surface area contributed by atoms with Gasteiger partial charge < -0.3 is 0 Å². The van der Waals surface area contributed by atoms with Gasteiger partial charge in [0, 0.05) is 17.3 Å². The van der Waals surface area contributed by atoms with E-state index < -0.39 is 0 Å². The number of hydrogen-bond donors (Lipinski definition) is 0. The van der Waals surface area contributed by atoms with Crippen molar-refractivity contribution in [1.29, 1.82) is 0 Å². The highest BCUT2D eigenvalue weighted by Crippen LogP contribution is 2.69. The summed E-state index contributed by atoms with van der Waals surface area (Å²) in [6.45, 7) is 4.99. The van der Waals surface area contributed by atoms with Crippen LogP contribution in [0.15, 0.2) is 0 Å². The summed E-state index contributed by atoms with van der Waals surface area (Å²) in [5, 5.41) is 0. The fraction of sp³-hybridized carbons (Fsp3) is 0.909. The van der Waals surface area contributed by atoms with Crippen LogP contribution in [0.2, 0.25) is 0 Å². The minimum absolute atomic E-state index is 0.730. The van der Waals surface area contributed by atoms with Crippen molar-refractivity contribution in [2.75, 3.05) is 0 Å². The monoisotopic (exact) mass is 149 g/mol. The summed E-state index contributed by atoms with van der Waals surface area (Å²) in [7, 11) is 0. The first-order valence-corrected chi connectivity index (χ1v) is 5.05. The van der Waals surface area contributed by atoms with Crippen LogP contribution in [0.5, 0.6) is 0 Å². The van der Waals surface area contributed by atoms with Crippen molar-refractivity contribution in [1.82, 2.24) is 0 Å². The second-order valence-corrected chi connectivity index (χ2v) is 5.27. The molecule has 0 aromatic carbocycles. The second kappa shape index (κ2) is 1.62. The van der Waals surface area contributed by atoms with Crippen LogP contribution in [0.4, 0.5) is 0 Å². The third-order valence-electron chi connectivity index (χ3n) is 4.97. The predicted molar refractivity (Wildman–Crippen MR) is 45.9 cm³/mol. The minimum atomic E-state index is 0.730. The van der Waals surface area contributed by atoms with Gasteiger partial charge in [0.2, 0.25) is 0 Å². The molecule has 5 atom stereocenters. The van der Waals surface area contributed by atoms with Crippen molar-refractivity contribution in [2.24, 2.45) is 29.1 Å². The topological polar surface area (TPSA) is 0 Å². The molecule has 4 bridgehead atoms. The van der Waals surface area contributed by atoms with Crippen molar-refractivity contribution in [3.05, 3.63) is 6.42 Å². The maximum atomic E-state index is 2.63. The molecule has 0 aromatic rings. The largest absolute Gasteiger partial charge is 0.107 e. The van der Waals surface area contributed by atoms with Gasteiger partial charge in [-0.25, -0.2) is 0 Å². The second-order valence-electron chi connectivity index (χ2n) is 5.27. The van der Waals surface area contributed by atoms with Crippen LogP contribution in [0.25, 0.3) is 0 Å². The fourth-order valence-corrected chi connectivity index (χ4v) is 4.20. The van der Waals surface area contributed by atoms with Crippen molar-refractivity contribution in [3.63, 3.8) is 0 Å². The molecule has 0 nitrogen and oxygen atoms in total. The lowest BCUT2D eigenvalue weighted by molar-refractivity contribution is 0.150. The fourth-order valence-electron chi connectivity index (χ4n) is 4.20. The Kier molecular flexibility index (Phi) is 0.944. The molecule has 0 heterocycles. The molecule has 0 aromatic heterocycles. The Bertz CT molecular complexity index is 196. The Morgan fingerprint density at radius 3 is 2.82 bits per heavy atom. The van der Waals surface area contributed by atoms with E-state index >= 15 is 0 Å². The summed E-state index contributed by atoms with van der Waals surface area (Å²) < 4.78 is 0. The van der Waals surface area contributed by atoms with Gasteiger partial charge in [0.15, 0.2) is 0 Å². The lowest BCUT2D eigenvalue weighted by Gasteiger charge is -2.33. The molecule has 3 saturated carbocycles. The van der Waals surface area contributed by atoms with E-state index in [2.05, 4.69) is 20.3 Å². The van der Waals surface area contributed by atoms with E-state index in [9.17, 15) is 0 Å². The van der Waals surface area contributed by atoms with Gasteiger partial charge in [0.25, 0.3) is 0 Å². The van der Waals surface area contributed by atoms with Crippen molar-refractivity contribution >= 4 is 0 Å². The van der Waals surface area contributed by atoms with Crippen LogP contribution in [-0.2, 0) is 0 Å². The Labute approximate surface area is 69.4 Å². The molecule has 3 aliphatic carbocycles. The molecule has 0 saturated heterocycles. The molecule has 0 aliphatic heterocycles. The molecule has 3 fully saturated rings. The third-order valence-corrected chi connectivity index (χ3v) is 4.97. The standard InChI is InChI=1S/C11H17/c1-7-5-9-8-3-4-10(9)11(7,2)6-8/h4,7-10H,3,5-6H2,1-2H3/q+1. The maximum Gasteiger partial charge on any atom is 0.107 e. The van der Waals surface area contributed by atoms with Gasteiger partial charge in [-0.3, -0.25) is 0 Å². The van der Waals surface area contributed by atoms with Crippen LogP contribution in [0.3, 0.4) is 0 Å². The van der Waals surface area contributed by atoms with Crippen molar-refractivity contribution in [3.8, 4) is 0 Å². The lowest BCUT2D eigenvalue weighted by atomic mass is 9.68. The molecular formula is C11H17+. The maximum absolute atomic E-state index is 2.63. The van der Waals surface area contributed by atoms with E-state index in [0.717, 1.165) is 29.1 Å². The van der Waals surface area contributed by atoms with Gasteiger partial charge in [-0.1, -0.05) is 13.8 Å². The zero-order valence-corrected chi connectivity index (χ0v) is 7.51. The molecule has 0 heteroatoms. The Hall–Kier alpha value is -0.130. The first kappa shape index (κ1) is 6.39. The van der Waals surface area contributed by atoms with Crippen LogP contribution >= 0.6 is 0 Å². The van der Waals surface area contributed by atoms with Gasteiger partial charge in [-0.15, -0.1) is 0 Å². The molecule has 0 spiro atoms. The number of rotatable bonds is 0. The van der Waals surface area contributed by atoms with Crippen LogP contribution < -0.4 is 0 Å². The minimum Gasteiger partial charge on any atom is -0.0618 e. The van der Waals surface area contributed by atoms with E-state index in [0.29, 0.717) is 0 Å². The Morgan fingerprint density at radius 2 is 2.27 bits per heavy atom. The molecule has 3 aliphatic rings. The zero-order valence-electron chi connectivity index (χ0n) is 7.51. The highest BCUT2D eigenvalue weighted by Gasteiger charge is 2.67.